The quantitative estimate of drug-likeness (QED) is 0.307. The second-order valence-corrected chi connectivity index (χ2v) is 5.99. The summed E-state index contributed by atoms with van der Waals surface area (Å²) in [6.45, 7) is 5.21. The van der Waals surface area contributed by atoms with E-state index in [1.54, 1.807) is 20.8 Å². The average molecular weight is 288 g/mol. The van der Waals surface area contributed by atoms with Gasteiger partial charge in [-0.2, -0.15) is 0 Å². The molecule has 0 heterocycles. The Balaban J connectivity index is 0. The maximum atomic E-state index is 11.7. The summed E-state index contributed by atoms with van der Waals surface area (Å²) in [6, 6.07) is 4.95. The molecule has 0 atom stereocenters. The summed E-state index contributed by atoms with van der Waals surface area (Å²) in [7, 11) is -4.73. The first-order chi connectivity index (χ1) is 7.12. The number of hydrogen-bond donors (Lipinski definition) is 0. The van der Waals surface area contributed by atoms with Crippen LogP contribution in [0.15, 0.2) is 24.3 Å². The fraction of sp³-hybridized carbons (Fsp3) is 0.400. The maximum absolute atomic E-state index is 11.7. The normalized spacial score (nSPS) is 11.3. The molecule has 1 radical (unpaired) electrons. The standard InChI is InChI=1S/C10H15NO4P.2Na/c1-10(2,3)11(12)8-4-6-9(7-5-8)16(13,14)15;;/h4-7H,1-3H3,(H2,13,14,15);;/q;2*+1/p-2. The molecule has 0 unspecified atom stereocenters. The van der Waals surface area contributed by atoms with Gasteiger partial charge in [0.1, 0.15) is 0 Å². The Morgan fingerprint density at radius 3 is 1.67 bits per heavy atom. The Hall–Kier alpha value is 1.29. The van der Waals surface area contributed by atoms with E-state index in [1.807, 2.05) is 0 Å². The zero-order chi connectivity index (χ0) is 12.6. The molecule has 0 aliphatic heterocycles. The van der Waals surface area contributed by atoms with Crippen molar-refractivity contribution in [2.24, 2.45) is 0 Å². The van der Waals surface area contributed by atoms with E-state index < -0.39 is 13.5 Å². The van der Waals surface area contributed by atoms with Gasteiger partial charge in [0.05, 0.1) is 16.5 Å². The molecule has 0 aliphatic rings. The fourth-order valence-electron chi connectivity index (χ4n) is 1.16. The van der Waals surface area contributed by atoms with E-state index in [0.29, 0.717) is 5.69 Å². The molecule has 0 amide bonds. The van der Waals surface area contributed by atoms with Crippen LogP contribution < -0.4 is 84.2 Å². The minimum absolute atomic E-state index is 0. The van der Waals surface area contributed by atoms with Crippen LogP contribution in [0.2, 0.25) is 0 Å². The van der Waals surface area contributed by atoms with Crippen molar-refractivity contribution < 1.29 is 79.0 Å². The first-order valence-corrected chi connectivity index (χ1v) is 6.27. The van der Waals surface area contributed by atoms with E-state index >= 15 is 0 Å². The van der Waals surface area contributed by atoms with Crippen molar-refractivity contribution in [2.45, 2.75) is 26.3 Å². The second kappa shape index (κ2) is 7.91. The van der Waals surface area contributed by atoms with E-state index in [0.717, 1.165) is 17.2 Å². The van der Waals surface area contributed by atoms with Crippen LogP contribution in [-0.4, -0.2) is 5.54 Å². The third kappa shape index (κ3) is 6.16. The fourth-order valence-corrected chi connectivity index (χ4v) is 1.67. The van der Waals surface area contributed by atoms with E-state index in [2.05, 4.69) is 0 Å². The van der Waals surface area contributed by atoms with E-state index in [-0.39, 0.29) is 64.4 Å². The van der Waals surface area contributed by atoms with Crippen LogP contribution in [0.3, 0.4) is 0 Å². The average Bonchev–Trinajstić information content (AvgIpc) is 2.14. The predicted molar refractivity (Wildman–Crippen MR) is 55.9 cm³/mol. The van der Waals surface area contributed by atoms with Crippen LogP contribution in [-0.2, 0) is 5.21 Å². The molecule has 0 fully saturated rings. The zero-order valence-corrected chi connectivity index (χ0v) is 16.2. The molecule has 0 aromatic heterocycles. The third-order valence-corrected chi connectivity index (χ3v) is 2.94. The molecule has 0 aliphatic carbocycles. The van der Waals surface area contributed by atoms with Gasteiger partial charge in [-0.05, 0) is 45.0 Å². The van der Waals surface area contributed by atoms with Gasteiger partial charge in [-0.25, -0.2) is 5.06 Å². The smallest absolute Gasteiger partial charge is 0.684 e. The van der Waals surface area contributed by atoms with Gasteiger partial charge in [0.15, 0.2) is 0 Å². The molecule has 0 saturated heterocycles. The summed E-state index contributed by atoms with van der Waals surface area (Å²) in [5, 5.41) is 12.2. The van der Waals surface area contributed by atoms with Crippen LogP contribution >= 0.6 is 7.94 Å². The minimum atomic E-state index is -4.73. The van der Waals surface area contributed by atoms with Gasteiger partial charge in [0.2, 0.25) is 0 Å². The number of hydrogen-bond acceptors (Lipinski definition) is 4. The van der Waals surface area contributed by atoms with Crippen LogP contribution in [0.1, 0.15) is 20.8 Å². The van der Waals surface area contributed by atoms with Gasteiger partial charge in [-0.1, -0.05) is 5.21 Å². The third-order valence-electron chi connectivity index (χ3n) is 2.01. The van der Waals surface area contributed by atoms with Crippen molar-refractivity contribution in [1.29, 1.82) is 0 Å². The van der Waals surface area contributed by atoms with Crippen molar-refractivity contribution in [3.05, 3.63) is 24.3 Å². The van der Waals surface area contributed by atoms with E-state index in [9.17, 15) is 19.9 Å². The van der Waals surface area contributed by atoms with Gasteiger partial charge in [-0.3, -0.25) is 0 Å². The summed E-state index contributed by atoms with van der Waals surface area (Å²) in [4.78, 5) is 32.1. The Labute approximate surface area is 152 Å². The van der Waals surface area contributed by atoms with Crippen molar-refractivity contribution in [3.63, 3.8) is 0 Å². The molecule has 8 heteroatoms. The summed E-state index contributed by atoms with van der Waals surface area (Å²) < 4.78 is 0. The van der Waals surface area contributed by atoms with Crippen molar-refractivity contribution >= 4 is 18.9 Å². The maximum Gasteiger partial charge on any atom is 1.00 e. The minimum Gasteiger partial charge on any atom is -0.684 e. The Morgan fingerprint density at radius 1 is 1.00 bits per heavy atom. The zero-order valence-electron chi connectivity index (χ0n) is 11.3. The van der Waals surface area contributed by atoms with Gasteiger partial charge in [-0.15, -0.1) is 7.94 Å². The molecule has 0 N–H and O–H groups in total. The van der Waals surface area contributed by atoms with Crippen LogP contribution in [0.4, 0.5) is 5.69 Å². The van der Waals surface area contributed by atoms with Crippen molar-refractivity contribution in [3.8, 4) is 0 Å². The number of hydroxylamine groups is 1. The molecule has 89 valence electrons. The SMILES string of the molecule is CC(C)(C)N([O])c1ccc([P+]([O-])([O-])[O-])cc1.[Na+].[Na+]. The topological polar surface area (TPSA) is 92.3 Å². The summed E-state index contributed by atoms with van der Waals surface area (Å²) in [5.74, 6) is 0. The molecule has 1 aromatic rings. The second-order valence-electron chi connectivity index (χ2n) is 4.48. The monoisotopic (exact) mass is 288 g/mol. The molecular weight excluding hydrogens is 275 g/mol. The Morgan fingerprint density at radius 2 is 1.39 bits per heavy atom. The molecule has 0 bridgehead atoms. The van der Waals surface area contributed by atoms with Gasteiger partial charge >= 0.3 is 59.1 Å². The summed E-state index contributed by atoms with van der Waals surface area (Å²) in [6.07, 6.45) is 0. The summed E-state index contributed by atoms with van der Waals surface area (Å²) in [5.41, 5.74) is -0.287. The first kappa shape index (κ1) is 21.6. The number of anilines is 1. The van der Waals surface area contributed by atoms with Crippen LogP contribution in [0.25, 0.3) is 0 Å². The molecule has 1 rings (SSSR count). The van der Waals surface area contributed by atoms with Crippen LogP contribution in [0, 0.1) is 0 Å². The first-order valence-electron chi connectivity index (χ1n) is 4.72. The van der Waals surface area contributed by atoms with Gasteiger partial charge < -0.3 is 14.7 Å². The molecule has 1 aromatic carbocycles. The molecule has 0 spiro atoms. The predicted octanol–water partition coefficient (Wildman–Crippen LogP) is -6.89. The molecular formula is C10H13NNa2O4P. The number of rotatable bonds is 2. The summed E-state index contributed by atoms with van der Waals surface area (Å²) >= 11 is 0. The van der Waals surface area contributed by atoms with Crippen molar-refractivity contribution in [2.75, 3.05) is 5.06 Å². The Bertz CT molecular complexity index is 362. The van der Waals surface area contributed by atoms with E-state index in [4.69, 9.17) is 0 Å². The van der Waals surface area contributed by atoms with Crippen LogP contribution in [0.5, 0.6) is 0 Å². The number of nitrogens with zero attached hydrogens (tertiary/aromatic N) is 1. The van der Waals surface area contributed by atoms with Crippen molar-refractivity contribution in [1.82, 2.24) is 0 Å². The molecule has 5 nitrogen and oxygen atoms in total. The number of benzene rings is 1. The van der Waals surface area contributed by atoms with Gasteiger partial charge in [0, 0.05) is 0 Å². The Kier molecular flexibility index (Phi) is 9.49. The van der Waals surface area contributed by atoms with E-state index in [1.165, 1.54) is 12.1 Å². The van der Waals surface area contributed by atoms with Gasteiger partial charge in [0.25, 0.3) is 0 Å². The molecule has 18 heavy (non-hydrogen) atoms. The largest absolute Gasteiger partial charge is 1.00 e. The molecule has 0 saturated carbocycles.